The molecular formula is C14H16F3IN6O. The fraction of sp³-hybridized carbons (Fsp3) is 0.643. The Bertz CT molecular complexity index is 788. The molecule has 4 heterocycles. The molecule has 2 saturated heterocycles. The first-order valence-corrected chi connectivity index (χ1v) is 8.93. The molecule has 2 aromatic rings. The summed E-state index contributed by atoms with van der Waals surface area (Å²) in [5.41, 5.74) is 6.03. The number of anilines is 1. The Labute approximate surface area is 154 Å². The van der Waals surface area contributed by atoms with E-state index < -0.39 is 23.7 Å². The Morgan fingerprint density at radius 2 is 2.04 bits per heavy atom. The molecule has 2 aliphatic rings. The monoisotopic (exact) mass is 468 g/mol. The van der Waals surface area contributed by atoms with E-state index in [0.29, 0.717) is 37.5 Å². The van der Waals surface area contributed by atoms with E-state index in [1.54, 1.807) is 16.9 Å². The predicted octanol–water partition coefficient (Wildman–Crippen LogP) is 1.60. The number of fused-ring (bicyclic) bond motifs is 1. The summed E-state index contributed by atoms with van der Waals surface area (Å²) in [5.74, 6) is 0.690. The molecule has 0 saturated carbocycles. The standard InChI is InChI=1S/C14H16F3IN6O/c15-14(16,17)10-9(19)13(6-25-10)1-3-23(4-2-13)12-20-5-8(18)11-22-21-7-24(11)12/h5,7,9-10H,1-4,6,19H2/t9-,10-/m1/s1. The van der Waals surface area contributed by atoms with Crippen LogP contribution in [0.4, 0.5) is 19.1 Å². The maximum atomic E-state index is 13.0. The number of nitrogens with zero attached hydrogens (tertiary/aromatic N) is 5. The number of halogens is 4. The van der Waals surface area contributed by atoms with Gasteiger partial charge in [-0.3, -0.25) is 4.40 Å². The maximum absolute atomic E-state index is 13.0. The highest BCUT2D eigenvalue weighted by atomic mass is 127. The zero-order chi connectivity index (χ0) is 17.8. The summed E-state index contributed by atoms with van der Waals surface area (Å²) in [6.07, 6.45) is -1.94. The van der Waals surface area contributed by atoms with E-state index >= 15 is 0 Å². The molecule has 0 aromatic carbocycles. The van der Waals surface area contributed by atoms with Gasteiger partial charge in [-0.1, -0.05) is 0 Å². The fourth-order valence-corrected chi connectivity index (χ4v) is 4.22. The van der Waals surface area contributed by atoms with Crippen molar-refractivity contribution in [2.75, 3.05) is 24.6 Å². The number of nitrogens with two attached hydrogens (primary N) is 1. The van der Waals surface area contributed by atoms with Crippen LogP contribution in [0.2, 0.25) is 0 Å². The van der Waals surface area contributed by atoms with Crippen LogP contribution >= 0.6 is 22.6 Å². The van der Waals surface area contributed by atoms with Gasteiger partial charge in [-0.15, -0.1) is 10.2 Å². The van der Waals surface area contributed by atoms with Gasteiger partial charge >= 0.3 is 6.18 Å². The van der Waals surface area contributed by atoms with Gasteiger partial charge in [0, 0.05) is 30.7 Å². The topological polar surface area (TPSA) is 81.6 Å². The van der Waals surface area contributed by atoms with Crippen molar-refractivity contribution >= 4 is 34.2 Å². The maximum Gasteiger partial charge on any atom is 0.416 e. The first kappa shape index (κ1) is 17.2. The van der Waals surface area contributed by atoms with E-state index in [4.69, 9.17) is 10.5 Å². The first-order chi connectivity index (χ1) is 11.8. The molecule has 0 unspecified atom stereocenters. The van der Waals surface area contributed by atoms with Gasteiger partial charge in [0.05, 0.1) is 10.2 Å². The molecule has 1 spiro atoms. The van der Waals surface area contributed by atoms with E-state index in [1.807, 2.05) is 4.90 Å². The number of hydrogen-bond acceptors (Lipinski definition) is 6. The lowest BCUT2D eigenvalue weighted by atomic mass is 9.73. The minimum atomic E-state index is -4.42. The number of rotatable bonds is 1. The van der Waals surface area contributed by atoms with Crippen LogP contribution in [-0.4, -0.2) is 57.6 Å². The predicted molar refractivity (Wildman–Crippen MR) is 91.1 cm³/mol. The summed E-state index contributed by atoms with van der Waals surface area (Å²) < 4.78 is 46.8. The van der Waals surface area contributed by atoms with Crippen LogP contribution in [0, 0.1) is 8.99 Å². The molecule has 0 amide bonds. The van der Waals surface area contributed by atoms with Gasteiger partial charge in [-0.05, 0) is 35.4 Å². The van der Waals surface area contributed by atoms with Gasteiger partial charge in [-0.2, -0.15) is 13.2 Å². The van der Waals surface area contributed by atoms with Crippen LogP contribution in [0.15, 0.2) is 12.5 Å². The molecule has 0 aliphatic carbocycles. The van der Waals surface area contributed by atoms with Gasteiger partial charge in [0.1, 0.15) is 6.33 Å². The minimum Gasteiger partial charge on any atom is -0.366 e. The highest BCUT2D eigenvalue weighted by molar-refractivity contribution is 14.1. The Morgan fingerprint density at radius 1 is 1.32 bits per heavy atom. The third kappa shape index (κ3) is 2.76. The number of ether oxygens (including phenoxy) is 1. The average Bonchev–Trinajstić information content (AvgIpc) is 3.16. The average molecular weight is 468 g/mol. The lowest BCUT2D eigenvalue weighted by Gasteiger charge is -2.41. The Balaban J connectivity index is 1.54. The van der Waals surface area contributed by atoms with Crippen LogP contribution < -0.4 is 10.6 Å². The lowest BCUT2D eigenvalue weighted by molar-refractivity contribution is -0.209. The molecule has 7 nitrogen and oxygen atoms in total. The van der Waals surface area contributed by atoms with Crippen molar-refractivity contribution < 1.29 is 17.9 Å². The van der Waals surface area contributed by atoms with Crippen molar-refractivity contribution in [3.05, 3.63) is 16.1 Å². The van der Waals surface area contributed by atoms with Gasteiger partial charge in [0.2, 0.25) is 5.95 Å². The fourth-order valence-electron chi connectivity index (χ4n) is 3.72. The molecule has 0 radical (unpaired) electrons. The highest BCUT2D eigenvalue weighted by Gasteiger charge is 2.58. The van der Waals surface area contributed by atoms with Crippen molar-refractivity contribution in [3.63, 3.8) is 0 Å². The zero-order valence-corrected chi connectivity index (χ0v) is 15.2. The van der Waals surface area contributed by atoms with Crippen LogP contribution in [0.25, 0.3) is 5.65 Å². The van der Waals surface area contributed by atoms with Crippen molar-refractivity contribution in [2.45, 2.75) is 31.2 Å². The van der Waals surface area contributed by atoms with Crippen molar-refractivity contribution in [3.8, 4) is 0 Å². The molecule has 0 bridgehead atoms. The molecule has 2 fully saturated rings. The van der Waals surface area contributed by atoms with E-state index in [2.05, 4.69) is 37.8 Å². The van der Waals surface area contributed by atoms with Crippen molar-refractivity contribution in [1.29, 1.82) is 0 Å². The first-order valence-electron chi connectivity index (χ1n) is 7.85. The molecule has 11 heteroatoms. The summed E-state index contributed by atoms with van der Waals surface area (Å²) in [7, 11) is 0. The van der Waals surface area contributed by atoms with Crippen LogP contribution in [0.5, 0.6) is 0 Å². The zero-order valence-electron chi connectivity index (χ0n) is 13.1. The number of aromatic nitrogens is 4. The van der Waals surface area contributed by atoms with E-state index in [0.717, 1.165) is 3.57 Å². The van der Waals surface area contributed by atoms with Gasteiger partial charge in [0.25, 0.3) is 0 Å². The molecular weight excluding hydrogens is 452 g/mol. The smallest absolute Gasteiger partial charge is 0.366 e. The molecule has 2 atom stereocenters. The van der Waals surface area contributed by atoms with Gasteiger partial charge in [-0.25, -0.2) is 4.98 Å². The molecule has 2 N–H and O–H groups in total. The summed E-state index contributed by atoms with van der Waals surface area (Å²) >= 11 is 2.14. The second-order valence-electron chi connectivity index (χ2n) is 6.58. The highest BCUT2D eigenvalue weighted by Crippen LogP contribution is 2.45. The van der Waals surface area contributed by atoms with E-state index in [1.165, 1.54) is 0 Å². The van der Waals surface area contributed by atoms with E-state index in [9.17, 15) is 13.2 Å². The quantitative estimate of drug-likeness (QED) is 0.641. The molecule has 2 aliphatic heterocycles. The van der Waals surface area contributed by atoms with Gasteiger partial charge < -0.3 is 15.4 Å². The minimum absolute atomic E-state index is 0.0499. The SMILES string of the molecule is N[C@@H]1[C@H](C(F)(F)F)OCC12CCN(c1ncc(I)c3nncn13)CC2. The second-order valence-corrected chi connectivity index (χ2v) is 7.74. The van der Waals surface area contributed by atoms with Gasteiger partial charge in [0.15, 0.2) is 11.8 Å². The second kappa shape index (κ2) is 5.91. The van der Waals surface area contributed by atoms with E-state index in [-0.39, 0.29) is 6.61 Å². The molecule has 25 heavy (non-hydrogen) atoms. The third-order valence-electron chi connectivity index (χ3n) is 5.22. The number of hydrogen-bond donors (Lipinski definition) is 1. The summed E-state index contributed by atoms with van der Waals surface area (Å²) in [6.45, 7) is 1.17. The summed E-state index contributed by atoms with van der Waals surface area (Å²) in [6, 6.07) is -1.03. The lowest BCUT2D eigenvalue weighted by Crippen LogP contribution is -2.54. The van der Waals surface area contributed by atoms with Crippen molar-refractivity contribution in [2.24, 2.45) is 11.1 Å². The largest absolute Gasteiger partial charge is 0.416 e. The molecule has 136 valence electrons. The van der Waals surface area contributed by atoms with Crippen LogP contribution in [0.1, 0.15) is 12.8 Å². The van der Waals surface area contributed by atoms with Crippen LogP contribution in [-0.2, 0) is 4.74 Å². The van der Waals surface area contributed by atoms with Crippen LogP contribution in [0.3, 0.4) is 0 Å². The van der Waals surface area contributed by atoms with Crippen molar-refractivity contribution in [1.82, 2.24) is 19.6 Å². The Hall–Kier alpha value is -1.21. The normalized spacial score (nSPS) is 26.7. The number of piperidine rings is 1. The molecule has 2 aromatic heterocycles. The number of alkyl halides is 3. The Kier molecular flexibility index (Phi) is 4.07. The third-order valence-corrected chi connectivity index (χ3v) is 5.98. The molecule has 4 rings (SSSR count). The Morgan fingerprint density at radius 3 is 2.68 bits per heavy atom. The summed E-state index contributed by atoms with van der Waals surface area (Å²) in [5, 5.41) is 7.98. The summed E-state index contributed by atoms with van der Waals surface area (Å²) in [4.78, 5) is 6.48.